The van der Waals surface area contributed by atoms with Crippen LogP contribution in [0.15, 0.2) is 35.7 Å². The molecule has 0 unspecified atom stereocenters. The summed E-state index contributed by atoms with van der Waals surface area (Å²) in [6, 6.07) is 10.8. The van der Waals surface area contributed by atoms with Crippen LogP contribution in [0.25, 0.3) is 0 Å². The van der Waals surface area contributed by atoms with E-state index in [1.807, 2.05) is 11.4 Å². The van der Waals surface area contributed by atoms with Gasteiger partial charge >= 0.3 is 0 Å². The van der Waals surface area contributed by atoms with E-state index in [0.29, 0.717) is 5.92 Å². The van der Waals surface area contributed by atoms with Gasteiger partial charge in [0.1, 0.15) is 0 Å². The van der Waals surface area contributed by atoms with Crippen LogP contribution in [0.1, 0.15) is 78.9 Å². The number of hydrogen-bond acceptors (Lipinski definition) is 2. The van der Waals surface area contributed by atoms with E-state index in [1.165, 1.54) is 16.0 Å². The van der Waals surface area contributed by atoms with Crippen molar-refractivity contribution >= 4 is 17.2 Å². The lowest BCUT2D eigenvalue weighted by Gasteiger charge is -2.18. The first-order chi connectivity index (χ1) is 11.1. The molecule has 3 heteroatoms. The Balaban J connectivity index is 2.08. The summed E-state index contributed by atoms with van der Waals surface area (Å²) in [6.07, 6.45) is 3.01. The van der Waals surface area contributed by atoms with Gasteiger partial charge in [-0.25, -0.2) is 0 Å². The van der Waals surface area contributed by atoms with Gasteiger partial charge in [-0.1, -0.05) is 52.0 Å². The molecule has 0 aliphatic rings. The predicted molar refractivity (Wildman–Crippen MR) is 99.3 cm³/mol. The zero-order valence-electron chi connectivity index (χ0n) is 14.6. The average Bonchev–Trinajstić information content (AvgIpc) is 3.08. The van der Waals surface area contributed by atoms with Crippen LogP contribution in [-0.4, -0.2) is 5.91 Å². The maximum atomic E-state index is 12.4. The van der Waals surface area contributed by atoms with Crippen molar-refractivity contribution in [3.63, 3.8) is 0 Å². The first-order valence-electron chi connectivity index (χ1n) is 8.57. The molecule has 0 saturated heterocycles. The van der Waals surface area contributed by atoms with Crippen LogP contribution < -0.4 is 5.32 Å². The van der Waals surface area contributed by atoms with Gasteiger partial charge in [-0.05, 0) is 42.4 Å². The highest BCUT2D eigenvalue weighted by molar-refractivity contribution is 7.10. The molecule has 2 atom stereocenters. The van der Waals surface area contributed by atoms with Gasteiger partial charge in [-0.3, -0.25) is 4.79 Å². The minimum Gasteiger partial charge on any atom is -0.345 e. The topological polar surface area (TPSA) is 29.1 Å². The SMILES string of the molecule is CCc1cc(C(=O)N[C@@H](CC)c2ccc([C@@H](C)CC)cc2)cs1. The first-order valence-corrected chi connectivity index (χ1v) is 9.45. The number of rotatable bonds is 7. The van der Waals surface area contributed by atoms with Crippen molar-refractivity contribution in [2.45, 2.75) is 58.9 Å². The summed E-state index contributed by atoms with van der Waals surface area (Å²) in [7, 11) is 0. The van der Waals surface area contributed by atoms with Crippen molar-refractivity contribution in [1.82, 2.24) is 5.32 Å². The van der Waals surface area contributed by atoms with Crippen molar-refractivity contribution in [3.05, 3.63) is 57.3 Å². The smallest absolute Gasteiger partial charge is 0.252 e. The maximum Gasteiger partial charge on any atom is 0.252 e. The van der Waals surface area contributed by atoms with Gasteiger partial charge in [0.15, 0.2) is 0 Å². The number of nitrogens with one attached hydrogen (secondary N) is 1. The van der Waals surface area contributed by atoms with Crippen molar-refractivity contribution < 1.29 is 4.79 Å². The lowest BCUT2D eigenvalue weighted by Crippen LogP contribution is -2.27. The van der Waals surface area contributed by atoms with Gasteiger partial charge in [-0.15, -0.1) is 11.3 Å². The average molecular weight is 330 g/mol. The number of carbonyl (C=O) groups is 1. The van der Waals surface area contributed by atoms with E-state index < -0.39 is 0 Å². The molecule has 0 saturated carbocycles. The Hall–Kier alpha value is -1.61. The monoisotopic (exact) mass is 329 g/mol. The molecule has 1 amide bonds. The van der Waals surface area contributed by atoms with Crippen LogP contribution in [0.3, 0.4) is 0 Å². The molecule has 2 aromatic rings. The standard InChI is InChI=1S/C20H27NOS/c1-5-14(4)15-8-10-16(11-9-15)19(7-3)21-20(22)17-12-18(6-2)23-13-17/h8-14,19H,5-7H2,1-4H3,(H,21,22)/t14-,19-/m0/s1. The third kappa shape index (κ3) is 4.44. The molecule has 1 heterocycles. The van der Waals surface area contributed by atoms with Crippen molar-refractivity contribution in [2.75, 3.05) is 0 Å². The Morgan fingerprint density at radius 3 is 2.26 bits per heavy atom. The zero-order valence-corrected chi connectivity index (χ0v) is 15.4. The maximum absolute atomic E-state index is 12.4. The molecule has 1 aromatic carbocycles. The summed E-state index contributed by atoms with van der Waals surface area (Å²) in [5.74, 6) is 0.607. The Morgan fingerprint density at radius 2 is 1.74 bits per heavy atom. The Kier molecular flexibility index (Phi) is 6.40. The Morgan fingerprint density at radius 1 is 1.09 bits per heavy atom. The largest absolute Gasteiger partial charge is 0.345 e. The Labute approximate surface area is 143 Å². The van der Waals surface area contributed by atoms with E-state index in [4.69, 9.17) is 0 Å². The number of benzene rings is 1. The van der Waals surface area contributed by atoms with Gasteiger partial charge in [0, 0.05) is 10.3 Å². The Bertz CT molecular complexity index is 629. The molecule has 124 valence electrons. The third-order valence-corrected chi connectivity index (χ3v) is 5.58. The molecule has 0 fully saturated rings. The van der Waals surface area contributed by atoms with Gasteiger partial charge in [0.25, 0.3) is 5.91 Å². The van der Waals surface area contributed by atoms with E-state index in [0.717, 1.165) is 24.8 Å². The van der Waals surface area contributed by atoms with E-state index in [9.17, 15) is 4.79 Å². The number of aryl methyl sites for hydroxylation is 1. The molecule has 1 aromatic heterocycles. The molecule has 1 N–H and O–H groups in total. The predicted octanol–water partition coefficient (Wildman–Crippen LogP) is 5.71. The van der Waals surface area contributed by atoms with Crippen LogP contribution in [0, 0.1) is 0 Å². The summed E-state index contributed by atoms with van der Waals surface area (Å²) in [6.45, 7) is 8.68. The van der Waals surface area contributed by atoms with Gasteiger partial charge < -0.3 is 5.32 Å². The van der Waals surface area contributed by atoms with Gasteiger partial charge in [0.2, 0.25) is 0 Å². The molecule has 23 heavy (non-hydrogen) atoms. The highest BCUT2D eigenvalue weighted by Gasteiger charge is 2.15. The zero-order chi connectivity index (χ0) is 16.8. The molecular formula is C20H27NOS. The molecule has 0 bridgehead atoms. The van der Waals surface area contributed by atoms with Crippen LogP contribution in [0.5, 0.6) is 0 Å². The molecular weight excluding hydrogens is 302 g/mol. The second kappa shape index (κ2) is 8.30. The second-order valence-corrected chi connectivity index (χ2v) is 7.06. The molecule has 2 rings (SSSR count). The summed E-state index contributed by atoms with van der Waals surface area (Å²) in [4.78, 5) is 13.7. The number of hydrogen-bond donors (Lipinski definition) is 1. The molecule has 0 aliphatic carbocycles. The number of amides is 1. The fourth-order valence-electron chi connectivity index (χ4n) is 2.64. The minimum atomic E-state index is 0.0267. The summed E-state index contributed by atoms with van der Waals surface area (Å²) < 4.78 is 0. The van der Waals surface area contributed by atoms with Crippen LogP contribution in [0.4, 0.5) is 0 Å². The number of thiophene rings is 1. The number of carbonyl (C=O) groups excluding carboxylic acids is 1. The molecule has 0 spiro atoms. The summed E-state index contributed by atoms with van der Waals surface area (Å²) in [5, 5.41) is 5.12. The van der Waals surface area contributed by atoms with E-state index in [-0.39, 0.29) is 11.9 Å². The minimum absolute atomic E-state index is 0.0267. The van der Waals surface area contributed by atoms with Crippen molar-refractivity contribution in [3.8, 4) is 0 Å². The summed E-state index contributed by atoms with van der Waals surface area (Å²) in [5.41, 5.74) is 3.32. The quantitative estimate of drug-likeness (QED) is 0.693. The highest BCUT2D eigenvalue weighted by atomic mass is 32.1. The van der Waals surface area contributed by atoms with E-state index >= 15 is 0 Å². The lowest BCUT2D eigenvalue weighted by molar-refractivity contribution is 0.0936. The van der Waals surface area contributed by atoms with E-state index in [2.05, 4.69) is 57.3 Å². The second-order valence-electron chi connectivity index (χ2n) is 6.07. The summed E-state index contributed by atoms with van der Waals surface area (Å²) >= 11 is 1.66. The van der Waals surface area contributed by atoms with Crippen LogP contribution in [-0.2, 0) is 6.42 Å². The van der Waals surface area contributed by atoms with Crippen molar-refractivity contribution in [2.24, 2.45) is 0 Å². The first kappa shape index (κ1) is 17.7. The van der Waals surface area contributed by atoms with E-state index in [1.54, 1.807) is 11.3 Å². The van der Waals surface area contributed by atoms with Crippen molar-refractivity contribution in [1.29, 1.82) is 0 Å². The molecule has 2 nitrogen and oxygen atoms in total. The molecule has 0 aliphatic heterocycles. The normalized spacial score (nSPS) is 13.6. The fourth-order valence-corrected chi connectivity index (χ4v) is 3.46. The third-order valence-electron chi connectivity index (χ3n) is 4.50. The lowest BCUT2D eigenvalue weighted by atomic mass is 9.95. The van der Waals surface area contributed by atoms with Crippen LogP contribution >= 0.6 is 11.3 Å². The van der Waals surface area contributed by atoms with Crippen LogP contribution in [0.2, 0.25) is 0 Å². The fraction of sp³-hybridized carbons (Fsp3) is 0.450. The van der Waals surface area contributed by atoms with Gasteiger partial charge in [-0.2, -0.15) is 0 Å². The highest BCUT2D eigenvalue weighted by Crippen LogP contribution is 2.23. The van der Waals surface area contributed by atoms with Gasteiger partial charge in [0.05, 0.1) is 11.6 Å². The molecule has 0 radical (unpaired) electrons.